The molecule has 3 aromatic rings. The second-order valence-electron chi connectivity index (χ2n) is 7.92. The lowest BCUT2D eigenvalue weighted by molar-refractivity contribution is 0.0600. The highest BCUT2D eigenvalue weighted by molar-refractivity contribution is 6.30. The maximum absolute atomic E-state index is 13.2. The summed E-state index contributed by atoms with van der Waals surface area (Å²) >= 11 is 6.02. The van der Waals surface area contributed by atoms with Gasteiger partial charge in [-0.2, -0.15) is 0 Å². The lowest BCUT2D eigenvalue weighted by Crippen LogP contribution is -2.29. The predicted octanol–water partition coefficient (Wildman–Crippen LogP) is 5.18. The molecule has 32 heavy (non-hydrogen) atoms. The van der Waals surface area contributed by atoms with Crippen LogP contribution in [0.25, 0.3) is 0 Å². The summed E-state index contributed by atoms with van der Waals surface area (Å²) in [6.45, 7) is 3.52. The van der Waals surface area contributed by atoms with Crippen molar-refractivity contribution >= 4 is 29.2 Å². The first-order chi connectivity index (χ1) is 15.5. The lowest BCUT2D eigenvalue weighted by Gasteiger charge is -2.23. The average Bonchev–Trinajstić information content (AvgIpc) is 3.23. The topological polar surface area (TPSA) is 58.6 Å². The van der Waals surface area contributed by atoms with Crippen LogP contribution in [0.3, 0.4) is 0 Å². The number of benzene rings is 3. The zero-order valence-corrected chi connectivity index (χ0v) is 18.9. The number of esters is 1. The van der Waals surface area contributed by atoms with Gasteiger partial charge in [0.15, 0.2) is 0 Å². The number of hydrogen-bond donors (Lipinski definition) is 1. The Bertz CT molecular complexity index is 1130. The minimum absolute atomic E-state index is 0.116. The number of carbonyl (C=O) groups excluding carboxylic acids is 2. The molecule has 5 nitrogen and oxygen atoms in total. The van der Waals surface area contributed by atoms with E-state index in [0.29, 0.717) is 16.1 Å². The van der Waals surface area contributed by atoms with Crippen LogP contribution in [0.2, 0.25) is 5.02 Å². The second kappa shape index (κ2) is 9.45. The van der Waals surface area contributed by atoms with Crippen LogP contribution in [0.1, 0.15) is 50.4 Å². The quantitative estimate of drug-likeness (QED) is 0.528. The smallest absolute Gasteiger partial charge is 0.337 e. The highest BCUT2D eigenvalue weighted by Crippen LogP contribution is 2.33. The van der Waals surface area contributed by atoms with Crippen LogP contribution in [-0.4, -0.2) is 25.5 Å². The van der Waals surface area contributed by atoms with Crippen molar-refractivity contribution in [1.82, 2.24) is 5.32 Å². The van der Waals surface area contributed by atoms with Crippen LogP contribution < -0.4 is 10.2 Å². The molecule has 164 valence electrons. The fourth-order valence-corrected chi connectivity index (χ4v) is 4.19. The fourth-order valence-electron chi connectivity index (χ4n) is 4.07. The molecule has 0 aromatic heterocycles. The van der Waals surface area contributed by atoms with Crippen LogP contribution in [0.4, 0.5) is 5.69 Å². The van der Waals surface area contributed by atoms with Gasteiger partial charge in [-0.25, -0.2) is 4.79 Å². The minimum atomic E-state index is -0.381. The number of para-hydroxylation sites is 1. The molecule has 0 aliphatic carbocycles. The monoisotopic (exact) mass is 448 g/mol. The van der Waals surface area contributed by atoms with Gasteiger partial charge in [0.1, 0.15) is 0 Å². The third-order valence-electron chi connectivity index (χ3n) is 5.80. The summed E-state index contributed by atoms with van der Waals surface area (Å²) in [6.07, 6.45) is 0.911. The SMILES string of the molecule is COC(=O)c1ccc([C@H](C)NC(=O)c2cccc3c2N(Cc2ccc(Cl)cc2)CC3)cc1. The maximum atomic E-state index is 13.2. The van der Waals surface area contributed by atoms with Crippen molar-refractivity contribution < 1.29 is 14.3 Å². The van der Waals surface area contributed by atoms with E-state index in [1.807, 2.05) is 55.5 Å². The molecule has 0 spiro atoms. The summed E-state index contributed by atoms with van der Waals surface area (Å²) in [5.74, 6) is -0.497. The number of rotatable bonds is 6. The van der Waals surface area contributed by atoms with Gasteiger partial charge in [0.25, 0.3) is 5.91 Å². The molecule has 4 rings (SSSR count). The Kier molecular flexibility index (Phi) is 6.47. The molecule has 3 aromatic carbocycles. The zero-order valence-electron chi connectivity index (χ0n) is 18.1. The number of halogens is 1. The number of ether oxygens (including phenoxy) is 1. The molecule has 0 radical (unpaired) electrons. The van der Waals surface area contributed by atoms with Gasteiger partial charge in [0.05, 0.1) is 30.0 Å². The van der Waals surface area contributed by atoms with Gasteiger partial charge in [-0.15, -0.1) is 0 Å². The van der Waals surface area contributed by atoms with Crippen molar-refractivity contribution in [2.75, 3.05) is 18.6 Å². The van der Waals surface area contributed by atoms with E-state index in [1.54, 1.807) is 12.1 Å². The Morgan fingerprint density at radius 2 is 1.78 bits per heavy atom. The Balaban J connectivity index is 1.51. The molecule has 1 amide bonds. The zero-order chi connectivity index (χ0) is 22.7. The molecule has 0 saturated heterocycles. The summed E-state index contributed by atoms with van der Waals surface area (Å²) in [6, 6.07) is 20.6. The number of carbonyl (C=O) groups is 2. The molecular weight excluding hydrogens is 424 g/mol. The first-order valence-electron chi connectivity index (χ1n) is 10.6. The Morgan fingerprint density at radius 3 is 2.47 bits per heavy atom. The van der Waals surface area contributed by atoms with Gasteiger partial charge in [0.2, 0.25) is 0 Å². The van der Waals surface area contributed by atoms with Crippen molar-refractivity contribution in [2.24, 2.45) is 0 Å². The lowest BCUT2D eigenvalue weighted by atomic mass is 10.0. The molecule has 1 atom stereocenters. The van der Waals surface area contributed by atoms with Crippen LogP contribution in [0.5, 0.6) is 0 Å². The summed E-state index contributed by atoms with van der Waals surface area (Å²) < 4.78 is 4.74. The molecule has 0 fully saturated rings. The number of methoxy groups -OCH3 is 1. The molecule has 6 heteroatoms. The first-order valence-corrected chi connectivity index (χ1v) is 10.9. The molecule has 0 unspecified atom stereocenters. The molecule has 1 aliphatic rings. The molecular formula is C26H25ClN2O3. The van der Waals surface area contributed by atoms with Crippen molar-refractivity contribution in [3.05, 3.63) is 99.6 Å². The largest absolute Gasteiger partial charge is 0.465 e. The van der Waals surface area contributed by atoms with E-state index in [2.05, 4.69) is 16.3 Å². The minimum Gasteiger partial charge on any atom is -0.465 e. The van der Waals surface area contributed by atoms with Gasteiger partial charge in [-0.1, -0.05) is 48.0 Å². The van der Waals surface area contributed by atoms with E-state index >= 15 is 0 Å². The fraction of sp³-hybridized carbons (Fsp3) is 0.231. The molecule has 1 N–H and O–H groups in total. The van der Waals surface area contributed by atoms with Gasteiger partial charge in [-0.3, -0.25) is 4.79 Å². The van der Waals surface area contributed by atoms with Crippen molar-refractivity contribution in [3.63, 3.8) is 0 Å². The number of nitrogens with zero attached hydrogens (tertiary/aromatic N) is 1. The molecule has 1 aliphatic heterocycles. The normalized spacial score (nSPS) is 13.4. The Hall–Kier alpha value is -3.31. The number of amides is 1. The Labute approximate surface area is 193 Å². The summed E-state index contributed by atoms with van der Waals surface area (Å²) in [4.78, 5) is 27.1. The summed E-state index contributed by atoms with van der Waals surface area (Å²) in [5, 5.41) is 3.81. The van der Waals surface area contributed by atoms with Gasteiger partial charge < -0.3 is 15.0 Å². The maximum Gasteiger partial charge on any atom is 0.337 e. The standard InChI is InChI=1S/C26H25ClN2O3/c1-17(19-8-10-21(11-9-19)26(31)32-2)28-25(30)23-5-3-4-20-14-15-29(24(20)23)16-18-6-12-22(27)13-7-18/h3-13,17H,14-16H2,1-2H3,(H,28,30)/t17-/m0/s1. The van der Waals surface area contributed by atoms with Crippen molar-refractivity contribution in [2.45, 2.75) is 25.9 Å². The number of nitrogens with one attached hydrogen (secondary N) is 1. The average molecular weight is 449 g/mol. The number of hydrogen-bond acceptors (Lipinski definition) is 4. The van der Waals surface area contributed by atoms with E-state index in [4.69, 9.17) is 16.3 Å². The van der Waals surface area contributed by atoms with Crippen molar-refractivity contribution in [1.29, 1.82) is 0 Å². The van der Waals surface area contributed by atoms with E-state index in [9.17, 15) is 9.59 Å². The van der Waals surface area contributed by atoms with Crippen LogP contribution in [0, 0.1) is 0 Å². The van der Waals surface area contributed by atoms with Crippen LogP contribution in [-0.2, 0) is 17.7 Å². The molecule has 0 saturated carbocycles. The van der Waals surface area contributed by atoms with E-state index in [-0.39, 0.29) is 17.9 Å². The van der Waals surface area contributed by atoms with E-state index in [1.165, 1.54) is 12.7 Å². The highest BCUT2D eigenvalue weighted by atomic mass is 35.5. The predicted molar refractivity (Wildman–Crippen MR) is 126 cm³/mol. The first kappa shape index (κ1) is 21.9. The third-order valence-corrected chi connectivity index (χ3v) is 6.05. The van der Waals surface area contributed by atoms with Crippen LogP contribution in [0.15, 0.2) is 66.7 Å². The summed E-state index contributed by atoms with van der Waals surface area (Å²) in [7, 11) is 1.35. The van der Waals surface area contributed by atoms with Crippen LogP contribution >= 0.6 is 11.6 Å². The van der Waals surface area contributed by atoms with E-state index < -0.39 is 0 Å². The van der Waals surface area contributed by atoms with Gasteiger partial charge in [0, 0.05) is 18.1 Å². The highest BCUT2D eigenvalue weighted by Gasteiger charge is 2.26. The number of anilines is 1. The van der Waals surface area contributed by atoms with Crippen molar-refractivity contribution in [3.8, 4) is 0 Å². The Morgan fingerprint density at radius 1 is 1.06 bits per heavy atom. The van der Waals surface area contributed by atoms with Gasteiger partial charge >= 0.3 is 5.97 Å². The van der Waals surface area contributed by atoms with Gasteiger partial charge in [-0.05, 0) is 60.4 Å². The molecule has 1 heterocycles. The third kappa shape index (κ3) is 4.63. The van der Waals surface area contributed by atoms with E-state index in [0.717, 1.165) is 36.3 Å². The summed E-state index contributed by atoms with van der Waals surface area (Å²) in [5.41, 5.74) is 5.39. The second-order valence-corrected chi connectivity index (χ2v) is 8.36. The molecule has 0 bridgehead atoms. The number of fused-ring (bicyclic) bond motifs is 1.